The van der Waals surface area contributed by atoms with E-state index >= 15 is 0 Å². The van der Waals surface area contributed by atoms with E-state index in [1.54, 1.807) is 7.11 Å². The van der Waals surface area contributed by atoms with Crippen molar-refractivity contribution >= 4 is 0 Å². The molecule has 0 saturated heterocycles. The Kier molecular flexibility index (Phi) is 4.97. The minimum Gasteiger partial charge on any atom is -0.496 e. The molecule has 0 aliphatic carbocycles. The van der Waals surface area contributed by atoms with Crippen LogP contribution in [0.3, 0.4) is 0 Å². The second-order valence-electron chi connectivity index (χ2n) is 5.71. The summed E-state index contributed by atoms with van der Waals surface area (Å²) in [6, 6.07) is 8.52. The van der Waals surface area contributed by atoms with Gasteiger partial charge in [0.05, 0.1) is 24.6 Å². The Bertz CT molecular complexity index is 472. The van der Waals surface area contributed by atoms with Gasteiger partial charge in [0, 0.05) is 5.56 Å². The first-order valence-electron chi connectivity index (χ1n) is 6.63. The molecule has 0 amide bonds. The fraction of sp³-hybridized carbons (Fsp3) is 0.562. The first kappa shape index (κ1) is 15.5. The third kappa shape index (κ3) is 3.27. The monoisotopic (exact) mass is 260 g/mol. The second kappa shape index (κ2) is 6.08. The van der Waals surface area contributed by atoms with Crippen LogP contribution in [0.4, 0.5) is 0 Å². The van der Waals surface area contributed by atoms with Gasteiger partial charge in [0.1, 0.15) is 5.75 Å². The van der Waals surface area contributed by atoms with Gasteiger partial charge in [0.15, 0.2) is 0 Å². The van der Waals surface area contributed by atoms with E-state index in [0.29, 0.717) is 5.92 Å². The number of hydrogen-bond acceptors (Lipinski definition) is 3. The van der Waals surface area contributed by atoms with Gasteiger partial charge in [-0.15, -0.1) is 0 Å². The Morgan fingerprint density at radius 3 is 2.37 bits per heavy atom. The lowest BCUT2D eigenvalue weighted by molar-refractivity contribution is 0.326. The van der Waals surface area contributed by atoms with Crippen molar-refractivity contribution in [1.29, 1.82) is 5.26 Å². The smallest absolute Gasteiger partial charge is 0.123 e. The van der Waals surface area contributed by atoms with Crippen molar-refractivity contribution in [3.8, 4) is 11.8 Å². The first-order valence-corrected chi connectivity index (χ1v) is 6.63. The molecule has 1 atom stereocenters. The molecular formula is C16H24N2O. The summed E-state index contributed by atoms with van der Waals surface area (Å²) in [5.74, 6) is 1.28. The van der Waals surface area contributed by atoms with Gasteiger partial charge >= 0.3 is 0 Å². The third-order valence-corrected chi connectivity index (χ3v) is 3.53. The predicted molar refractivity (Wildman–Crippen MR) is 78.3 cm³/mol. The van der Waals surface area contributed by atoms with Crippen molar-refractivity contribution in [2.24, 2.45) is 5.41 Å². The third-order valence-electron chi connectivity index (χ3n) is 3.53. The molecule has 0 fully saturated rings. The summed E-state index contributed by atoms with van der Waals surface area (Å²) in [4.78, 5) is 0. The van der Waals surface area contributed by atoms with E-state index in [4.69, 9.17) is 4.74 Å². The van der Waals surface area contributed by atoms with Crippen molar-refractivity contribution in [2.45, 2.75) is 39.7 Å². The fourth-order valence-electron chi connectivity index (χ4n) is 2.31. The zero-order valence-corrected chi connectivity index (χ0v) is 12.7. The molecule has 0 saturated carbocycles. The molecule has 3 heteroatoms. The van der Waals surface area contributed by atoms with Gasteiger partial charge in [-0.1, -0.05) is 26.0 Å². The van der Waals surface area contributed by atoms with Crippen molar-refractivity contribution in [3.63, 3.8) is 0 Å². The number of nitriles is 1. The molecule has 1 unspecified atom stereocenters. The van der Waals surface area contributed by atoms with E-state index in [0.717, 1.165) is 11.3 Å². The standard InChI is InChI=1S/C16H24N2O/c1-11(2)12-7-8-14(19-6)13(9-12)15(18-5)16(3,4)10-17/h7-9,11,15,18H,1-6H3. The first-order chi connectivity index (χ1) is 8.87. The average molecular weight is 260 g/mol. The van der Waals surface area contributed by atoms with Crippen LogP contribution in [-0.2, 0) is 0 Å². The highest BCUT2D eigenvalue weighted by Crippen LogP contribution is 2.38. The van der Waals surface area contributed by atoms with E-state index in [2.05, 4.69) is 37.4 Å². The molecule has 0 bridgehead atoms. The molecule has 1 aromatic rings. The minimum atomic E-state index is -0.502. The summed E-state index contributed by atoms with van der Waals surface area (Å²) in [5, 5.41) is 12.6. The number of ether oxygens (including phenoxy) is 1. The molecule has 3 nitrogen and oxygen atoms in total. The van der Waals surface area contributed by atoms with Crippen molar-refractivity contribution in [2.75, 3.05) is 14.2 Å². The zero-order valence-electron chi connectivity index (χ0n) is 12.7. The van der Waals surface area contributed by atoms with E-state index in [-0.39, 0.29) is 6.04 Å². The lowest BCUT2D eigenvalue weighted by Crippen LogP contribution is -2.31. The molecule has 0 heterocycles. The van der Waals surface area contributed by atoms with Crippen LogP contribution < -0.4 is 10.1 Å². The highest BCUT2D eigenvalue weighted by Gasteiger charge is 2.32. The molecule has 0 aliphatic rings. The summed E-state index contributed by atoms with van der Waals surface area (Å²) in [7, 11) is 3.55. The highest BCUT2D eigenvalue weighted by atomic mass is 16.5. The minimum absolute atomic E-state index is 0.0638. The van der Waals surface area contributed by atoms with Gasteiger partial charge in [0.2, 0.25) is 0 Å². The SMILES string of the molecule is CNC(c1cc(C(C)C)ccc1OC)C(C)(C)C#N. The molecular weight excluding hydrogens is 236 g/mol. The van der Waals surface area contributed by atoms with Crippen molar-refractivity contribution in [3.05, 3.63) is 29.3 Å². The maximum Gasteiger partial charge on any atom is 0.123 e. The van der Waals surface area contributed by atoms with Gasteiger partial charge in [-0.2, -0.15) is 5.26 Å². The van der Waals surface area contributed by atoms with E-state index in [1.165, 1.54) is 5.56 Å². The molecule has 0 spiro atoms. The van der Waals surface area contributed by atoms with Crippen LogP contribution in [0.25, 0.3) is 0 Å². The van der Waals surface area contributed by atoms with Gasteiger partial charge in [-0.25, -0.2) is 0 Å². The highest BCUT2D eigenvalue weighted by molar-refractivity contribution is 5.42. The largest absolute Gasteiger partial charge is 0.496 e. The maximum atomic E-state index is 9.37. The van der Waals surface area contributed by atoms with Crippen LogP contribution in [0.15, 0.2) is 18.2 Å². The van der Waals surface area contributed by atoms with Crippen LogP contribution in [0.2, 0.25) is 0 Å². The maximum absolute atomic E-state index is 9.37. The van der Waals surface area contributed by atoms with Gasteiger partial charge in [-0.05, 0) is 38.4 Å². The Morgan fingerprint density at radius 1 is 1.32 bits per heavy atom. The fourth-order valence-corrected chi connectivity index (χ4v) is 2.31. The van der Waals surface area contributed by atoms with Crippen LogP contribution in [-0.4, -0.2) is 14.2 Å². The summed E-state index contributed by atoms with van der Waals surface area (Å²) >= 11 is 0. The molecule has 1 aromatic carbocycles. The van der Waals surface area contributed by atoms with Crippen molar-refractivity contribution < 1.29 is 4.74 Å². The number of nitrogens with one attached hydrogen (secondary N) is 1. The van der Waals surface area contributed by atoms with Crippen LogP contribution in [0, 0.1) is 16.7 Å². The van der Waals surface area contributed by atoms with Crippen LogP contribution in [0.5, 0.6) is 5.75 Å². The molecule has 1 N–H and O–H groups in total. The average Bonchev–Trinajstić information content (AvgIpc) is 2.39. The van der Waals surface area contributed by atoms with E-state index in [1.807, 2.05) is 27.0 Å². The van der Waals surface area contributed by atoms with Crippen LogP contribution >= 0.6 is 0 Å². The summed E-state index contributed by atoms with van der Waals surface area (Å²) < 4.78 is 5.45. The van der Waals surface area contributed by atoms with Crippen LogP contribution in [0.1, 0.15) is 50.8 Å². The molecule has 0 aromatic heterocycles. The lowest BCUT2D eigenvalue weighted by Gasteiger charge is -2.30. The Labute approximate surface area is 116 Å². The Balaban J connectivity index is 3.37. The normalized spacial score (nSPS) is 13.2. The number of hydrogen-bond donors (Lipinski definition) is 1. The Hall–Kier alpha value is -1.53. The molecule has 104 valence electrons. The van der Waals surface area contributed by atoms with E-state index < -0.39 is 5.41 Å². The van der Waals surface area contributed by atoms with Gasteiger partial charge < -0.3 is 10.1 Å². The van der Waals surface area contributed by atoms with Gasteiger partial charge in [0.25, 0.3) is 0 Å². The number of nitrogens with zero attached hydrogens (tertiary/aromatic N) is 1. The topological polar surface area (TPSA) is 45.0 Å². The lowest BCUT2D eigenvalue weighted by atomic mass is 9.80. The predicted octanol–water partition coefficient (Wildman–Crippen LogP) is 3.63. The summed E-state index contributed by atoms with van der Waals surface area (Å²) in [5.41, 5.74) is 1.80. The van der Waals surface area contributed by atoms with Gasteiger partial charge in [-0.3, -0.25) is 0 Å². The summed E-state index contributed by atoms with van der Waals surface area (Å²) in [6.45, 7) is 8.20. The zero-order chi connectivity index (χ0) is 14.6. The Morgan fingerprint density at radius 2 is 1.95 bits per heavy atom. The molecule has 0 radical (unpaired) electrons. The number of rotatable bonds is 5. The molecule has 1 rings (SSSR count). The second-order valence-corrected chi connectivity index (χ2v) is 5.71. The van der Waals surface area contributed by atoms with E-state index in [9.17, 15) is 5.26 Å². The number of methoxy groups -OCH3 is 1. The molecule has 19 heavy (non-hydrogen) atoms. The van der Waals surface area contributed by atoms with Crippen molar-refractivity contribution in [1.82, 2.24) is 5.32 Å². The summed E-state index contributed by atoms with van der Waals surface area (Å²) in [6.07, 6.45) is 0. The number of benzene rings is 1. The quantitative estimate of drug-likeness (QED) is 0.879. The molecule has 0 aliphatic heterocycles.